The van der Waals surface area contributed by atoms with E-state index in [1.165, 1.54) is 12.3 Å². The molecule has 0 aliphatic carbocycles. The lowest BCUT2D eigenvalue weighted by molar-refractivity contribution is -0.276. The van der Waals surface area contributed by atoms with E-state index in [0.29, 0.717) is 11.3 Å². The van der Waals surface area contributed by atoms with E-state index in [0.717, 1.165) is 11.8 Å². The lowest BCUT2D eigenvalue weighted by Crippen LogP contribution is -2.17. The van der Waals surface area contributed by atoms with E-state index >= 15 is 0 Å². The first-order valence-electron chi connectivity index (χ1n) is 4.73. The van der Waals surface area contributed by atoms with Crippen LogP contribution >= 0.6 is 0 Å². The number of nitrogens with zero attached hydrogens (tertiary/aromatic N) is 1. The Labute approximate surface area is 94.8 Å². The van der Waals surface area contributed by atoms with E-state index in [-0.39, 0.29) is 0 Å². The number of aromatic nitrogens is 1. The zero-order valence-electron chi connectivity index (χ0n) is 8.78. The summed E-state index contributed by atoms with van der Waals surface area (Å²) in [5.41, 5.74) is 0.590. The fraction of sp³-hybridized carbons (Fsp3) is 0.182. The van der Waals surface area contributed by atoms with Crippen molar-refractivity contribution >= 4 is 0 Å². The van der Waals surface area contributed by atoms with Crippen molar-refractivity contribution in [2.75, 3.05) is 0 Å². The number of halogens is 3. The number of aryl methyl sites for hydroxylation is 1. The molecular formula is C11H8F3NO2. The Kier molecular flexibility index (Phi) is 2.79. The molecule has 0 saturated carbocycles. The summed E-state index contributed by atoms with van der Waals surface area (Å²) in [6, 6.07) is 6.07. The molecule has 0 unspecified atom stereocenters. The molecule has 3 nitrogen and oxygen atoms in total. The molecule has 0 fully saturated rings. The molecule has 90 valence electrons. The van der Waals surface area contributed by atoms with Crippen LogP contribution in [0.4, 0.5) is 13.2 Å². The summed E-state index contributed by atoms with van der Waals surface area (Å²) in [6.45, 7) is 1.78. The second kappa shape index (κ2) is 4.12. The molecule has 0 spiro atoms. The molecule has 0 aliphatic rings. The highest BCUT2D eigenvalue weighted by atomic mass is 19.4. The van der Waals surface area contributed by atoms with Crippen LogP contribution in [-0.4, -0.2) is 11.3 Å². The normalized spacial score (nSPS) is 11.5. The molecule has 17 heavy (non-hydrogen) atoms. The maximum absolute atomic E-state index is 11.9. The zero-order valence-corrected chi connectivity index (χ0v) is 8.78. The molecule has 6 heteroatoms. The Morgan fingerprint density at radius 3 is 2.41 bits per heavy atom. The highest BCUT2D eigenvalue weighted by Gasteiger charge is 2.31. The van der Waals surface area contributed by atoms with Crippen LogP contribution in [0.1, 0.15) is 5.76 Å². The third-order valence-electron chi connectivity index (χ3n) is 1.98. The van der Waals surface area contributed by atoms with Gasteiger partial charge in [-0.1, -0.05) is 0 Å². The van der Waals surface area contributed by atoms with E-state index in [9.17, 15) is 13.2 Å². The Balaban J connectivity index is 2.19. The highest BCUT2D eigenvalue weighted by molar-refractivity contribution is 5.56. The minimum absolute atomic E-state index is 0.496. The predicted octanol–water partition coefficient (Wildman–Crippen LogP) is 3.55. The van der Waals surface area contributed by atoms with Crippen LogP contribution in [0.2, 0.25) is 0 Å². The smallest absolute Gasteiger partial charge is 0.461 e. The summed E-state index contributed by atoms with van der Waals surface area (Å²) in [5, 5.41) is 0. The van der Waals surface area contributed by atoms with Gasteiger partial charge in [-0.05, 0) is 25.1 Å². The first-order chi connectivity index (χ1) is 7.94. The Morgan fingerprint density at radius 1 is 1.18 bits per heavy atom. The van der Waals surface area contributed by atoms with Gasteiger partial charge < -0.3 is 9.15 Å². The van der Waals surface area contributed by atoms with E-state index in [1.807, 2.05) is 0 Å². The van der Waals surface area contributed by atoms with Crippen LogP contribution in [0.3, 0.4) is 0 Å². The summed E-state index contributed by atoms with van der Waals surface area (Å²) in [6.07, 6.45) is -3.46. The van der Waals surface area contributed by atoms with Crippen molar-refractivity contribution in [3.63, 3.8) is 0 Å². The maximum atomic E-state index is 11.9. The fourth-order valence-corrected chi connectivity index (χ4v) is 1.29. The summed E-state index contributed by atoms with van der Waals surface area (Å²) >= 11 is 0. The Hall–Kier alpha value is -1.98. The van der Waals surface area contributed by atoms with Crippen molar-refractivity contribution in [2.45, 2.75) is 13.3 Å². The van der Waals surface area contributed by atoms with Gasteiger partial charge in [0.15, 0.2) is 0 Å². The van der Waals surface area contributed by atoms with E-state index in [1.54, 1.807) is 19.1 Å². The van der Waals surface area contributed by atoms with Crippen molar-refractivity contribution in [1.82, 2.24) is 4.98 Å². The van der Waals surface area contributed by atoms with Gasteiger partial charge in [-0.2, -0.15) is 0 Å². The van der Waals surface area contributed by atoms with Gasteiger partial charge in [-0.15, -0.1) is 13.2 Å². The number of alkyl halides is 3. The molecule has 0 aromatic carbocycles. The van der Waals surface area contributed by atoms with E-state index in [2.05, 4.69) is 9.72 Å². The molecule has 2 heterocycles. The van der Waals surface area contributed by atoms with Gasteiger partial charge in [0.25, 0.3) is 0 Å². The molecule has 0 saturated heterocycles. The van der Waals surface area contributed by atoms with Gasteiger partial charge in [0.1, 0.15) is 11.5 Å². The molecular weight excluding hydrogens is 235 g/mol. The minimum Gasteiger partial charge on any atom is -0.461 e. The van der Waals surface area contributed by atoms with Crippen molar-refractivity contribution < 1.29 is 22.3 Å². The Morgan fingerprint density at radius 2 is 1.94 bits per heavy atom. The van der Waals surface area contributed by atoms with Gasteiger partial charge in [0.05, 0.1) is 0 Å². The monoisotopic (exact) mass is 243 g/mol. The molecule has 2 rings (SSSR count). The number of hydrogen-bond acceptors (Lipinski definition) is 3. The number of furan rings is 1. The van der Waals surface area contributed by atoms with E-state index < -0.39 is 12.2 Å². The standard InChI is InChI=1S/C11H8F3NO2/c1-7-2-4-9(16-7)8-3-5-10(15-6-8)17-11(12,13)14/h2-6H,1H3. The number of ether oxygens (including phenoxy) is 1. The third kappa shape index (κ3) is 2.99. The molecule has 0 aliphatic heterocycles. The van der Waals surface area contributed by atoms with Crippen molar-refractivity contribution in [3.05, 3.63) is 36.2 Å². The van der Waals surface area contributed by atoms with Gasteiger partial charge in [-0.3, -0.25) is 0 Å². The lowest BCUT2D eigenvalue weighted by Gasteiger charge is -2.07. The molecule has 0 radical (unpaired) electrons. The predicted molar refractivity (Wildman–Crippen MR) is 53.4 cm³/mol. The molecule has 0 N–H and O–H groups in total. The first-order valence-corrected chi connectivity index (χ1v) is 4.73. The fourth-order valence-electron chi connectivity index (χ4n) is 1.29. The number of rotatable bonds is 2. The van der Waals surface area contributed by atoms with Crippen molar-refractivity contribution in [3.8, 4) is 17.2 Å². The summed E-state index contributed by atoms with van der Waals surface area (Å²) in [7, 11) is 0. The van der Waals surface area contributed by atoms with Gasteiger partial charge in [0, 0.05) is 17.8 Å². The molecule has 0 amide bonds. The van der Waals surface area contributed by atoms with Crippen molar-refractivity contribution in [2.24, 2.45) is 0 Å². The molecule has 0 atom stereocenters. The van der Waals surface area contributed by atoms with Gasteiger partial charge >= 0.3 is 6.36 Å². The quantitative estimate of drug-likeness (QED) is 0.809. The summed E-state index contributed by atoms with van der Waals surface area (Å²) in [5.74, 6) is 0.772. The summed E-state index contributed by atoms with van der Waals surface area (Å²) in [4.78, 5) is 3.55. The highest BCUT2D eigenvalue weighted by Crippen LogP contribution is 2.25. The van der Waals surface area contributed by atoms with E-state index in [4.69, 9.17) is 4.42 Å². The number of pyridine rings is 1. The maximum Gasteiger partial charge on any atom is 0.574 e. The van der Waals surface area contributed by atoms with Crippen LogP contribution in [0, 0.1) is 6.92 Å². The largest absolute Gasteiger partial charge is 0.574 e. The zero-order chi connectivity index (χ0) is 12.5. The number of hydrogen-bond donors (Lipinski definition) is 0. The van der Waals surface area contributed by atoms with Crippen LogP contribution in [0.5, 0.6) is 5.88 Å². The topological polar surface area (TPSA) is 35.3 Å². The SMILES string of the molecule is Cc1ccc(-c2ccc(OC(F)(F)F)nc2)o1. The van der Waals surface area contributed by atoms with Crippen LogP contribution < -0.4 is 4.74 Å². The molecule has 0 bridgehead atoms. The van der Waals surface area contributed by atoms with Crippen LogP contribution in [-0.2, 0) is 0 Å². The van der Waals surface area contributed by atoms with Crippen LogP contribution in [0.15, 0.2) is 34.9 Å². The van der Waals surface area contributed by atoms with Crippen LogP contribution in [0.25, 0.3) is 11.3 Å². The summed E-state index contributed by atoms with van der Waals surface area (Å²) < 4.78 is 44.6. The molecule has 2 aromatic heterocycles. The van der Waals surface area contributed by atoms with Gasteiger partial charge in [0.2, 0.25) is 5.88 Å². The Bertz CT molecular complexity index is 502. The first kappa shape index (κ1) is 11.5. The lowest BCUT2D eigenvalue weighted by atomic mass is 10.2. The third-order valence-corrected chi connectivity index (χ3v) is 1.98. The van der Waals surface area contributed by atoms with Gasteiger partial charge in [-0.25, -0.2) is 4.98 Å². The van der Waals surface area contributed by atoms with Crippen molar-refractivity contribution in [1.29, 1.82) is 0 Å². The second-order valence-electron chi connectivity index (χ2n) is 3.34. The average Bonchev–Trinajstić information content (AvgIpc) is 2.63. The molecule has 2 aromatic rings. The second-order valence-corrected chi connectivity index (χ2v) is 3.34. The average molecular weight is 243 g/mol. The minimum atomic E-state index is -4.73.